The minimum Gasteiger partial charge on any atom is -0.306 e. The van der Waals surface area contributed by atoms with E-state index >= 15 is 0 Å². The van der Waals surface area contributed by atoms with Gasteiger partial charge in [-0.05, 0) is 48.1 Å². The maximum atomic E-state index is 3.60. The van der Waals surface area contributed by atoms with E-state index in [0.717, 1.165) is 6.54 Å². The molecule has 0 saturated heterocycles. The third kappa shape index (κ3) is 4.42. The van der Waals surface area contributed by atoms with Crippen molar-refractivity contribution in [3.05, 3.63) is 69.2 Å². The first-order valence-corrected chi connectivity index (χ1v) is 8.35. The highest BCUT2D eigenvalue weighted by molar-refractivity contribution is 9.10. The molecule has 2 rings (SSSR count). The molecule has 1 unspecified atom stereocenters. The molecule has 0 aliphatic rings. The first kappa shape index (κ1) is 16.3. The molecule has 1 nitrogen and oxygen atoms in total. The molecule has 112 valence electrons. The maximum absolute atomic E-state index is 3.60. The molecule has 1 N–H and O–H groups in total. The van der Waals surface area contributed by atoms with E-state index in [1.54, 1.807) is 0 Å². The predicted molar refractivity (Wildman–Crippen MR) is 94.7 cm³/mol. The van der Waals surface area contributed by atoms with Gasteiger partial charge in [0.15, 0.2) is 0 Å². The van der Waals surface area contributed by atoms with E-state index in [9.17, 15) is 0 Å². The van der Waals surface area contributed by atoms with Gasteiger partial charge in [-0.25, -0.2) is 0 Å². The second-order valence-corrected chi connectivity index (χ2v) is 6.86. The molecule has 0 radical (unpaired) electrons. The summed E-state index contributed by atoms with van der Waals surface area (Å²) in [5, 5.41) is 3.60. The Morgan fingerprint density at radius 2 is 1.57 bits per heavy atom. The molecule has 0 saturated carbocycles. The number of benzene rings is 2. The van der Waals surface area contributed by atoms with E-state index in [1.165, 1.54) is 26.7 Å². The van der Waals surface area contributed by atoms with Crippen LogP contribution in [0.4, 0.5) is 0 Å². The van der Waals surface area contributed by atoms with Crippen LogP contribution in [0.3, 0.4) is 0 Å². The lowest BCUT2D eigenvalue weighted by Crippen LogP contribution is -2.18. The van der Waals surface area contributed by atoms with Crippen molar-refractivity contribution in [2.45, 2.75) is 46.2 Å². The fraction of sp³-hybridized carbons (Fsp3) is 0.368. The van der Waals surface area contributed by atoms with Gasteiger partial charge in [0.1, 0.15) is 0 Å². The Balaban J connectivity index is 1.97. The monoisotopic (exact) mass is 345 g/mol. The summed E-state index contributed by atoms with van der Waals surface area (Å²) in [6.45, 7) is 9.69. The van der Waals surface area contributed by atoms with Crippen LogP contribution >= 0.6 is 15.9 Å². The molecule has 2 aromatic rings. The zero-order chi connectivity index (χ0) is 15.4. The van der Waals surface area contributed by atoms with Crippen LogP contribution < -0.4 is 5.32 Å². The smallest absolute Gasteiger partial charge is 0.0294 e. The number of halogens is 1. The fourth-order valence-corrected chi connectivity index (χ4v) is 2.62. The van der Waals surface area contributed by atoms with Crippen LogP contribution in [0.2, 0.25) is 0 Å². The predicted octanol–water partition coefficient (Wildman–Crippen LogP) is 5.73. The lowest BCUT2D eigenvalue weighted by molar-refractivity contribution is 0.574. The Morgan fingerprint density at radius 1 is 0.952 bits per heavy atom. The van der Waals surface area contributed by atoms with Gasteiger partial charge in [-0.15, -0.1) is 0 Å². The average Bonchev–Trinajstić information content (AvgIpc) is 2.48. The molecule has 0 aliphatic carbocycles. The highest BCUT2D eigenvalue weighted by Gasteiger charge is 2.06. The first-order chi connectivity index (χ1) is 9.97. The summed E-state index contributed by atoms with van der Waals surface area (Å²) < 4.78 is 1.17. The zero-order valence-corrected chi connectivity index (χ0v) is 14.9. The molecule has 0 aliphatic heterocycles. The molecule has 21 heavy (non-hydrogen) atoms. The maximum Gasteiger partial charge on any atom is 0.0294 e. The van der Waals surface area contributed by atoms with Crippen LogP contribution in [-0.2, 0) is 6.54 Å². The molecule has 1 atom stereocenters. The quantitative estimate of drug-likeness (QED) is 0.729. The molecule has 0 heterocycles. The first-order valence-electron chi connectivity index (χ1n) is 7.55. The van der Waals surface area contributed by atoms with E-state index in [2.05, 4.69) is 91.4 Å². The van der Waals surface area contributed by atoms with Crippen molar-refractivity contribution in [1.82, 2.24) is 5.32 Å². The molecule has 0 aromatic heterocycles. The van der Waals surface area contributed by atoms with E-state index in [1.807, 2.05) is 0 Å². The number of hydrogen-bond donors (Lipinski definition) is 1. The van der Waals surface area contributed by atoms with Crippen molar-refractivity contribution >= 4 is 15.9 Å². The van der Waals surface area contributed by atoms with E-state index < -0.39 is 0 Å². The van der Waals surface area contributed by atoms with Crippen LogP contribution in [0.1, 0.15) is 55.0 Å². The molecular weight excluding hydrogens is 322 g/mol. The van der Waals surface area contributed by atoms with Crippen molar-refractivity contribution in [1.29, 1.82) is 0 Å². The number of nitrogens with one attached hydrogen (secondary N) is 1. The Hall–Kier alpha value is -1.12. The van der Waals surface area contributed by atoms with Crippen molar-refractivity contribution < 1.29 is 0 Å². The molecular formula is C19H24BrN. The normalized spacial score (nSPS) is 12.7. The van der Waals surface area contributed by atoms with Gasteiger partial charge in [0.25, 0.3) is 0 Å². The van der Waals surface area contributed by atoms with E-state index in [4.69, 9.17) is 0 Å². The highest BCUT2D eigenvalue weighted by Crippen LogP contribution is 2.20. The summed E-state index contributed by atoms with van der Waals surface area (Å²) in [5.74, 6) is 0.591. The summed E-state index contributed by atoms with van der Waals surface area (Å²) >= 11 is 3.54. The summed E-state index contributed by atoms with van der Waals surface area (Å²) in [6.07, 6.45) is 0. The van der Waals surface area contributed by atoms with Crippen LogP contribution in [0.25, 0.3) is 0 Å². The molecule has 0 fully saturated rings. The van der Waals surface area contributed by atoms with Crippen LogP contribution in [0, 0.1) is 6.92 Å². The lowest BCUT2D eigenvalue weighted by atomic mass is 9.99. The fourth-order valence-electron chi connectivity index (χ4n) is 2.38. The van der Waals surface area contributed by atoms with Gasteiger partial charge in [0, 0.05) is 17.1 Å². The average molecular weight is 346 g/mol. The summed E-state index contributed by atoms with van der Waals surface area (Å²) in [5.41, 5.74) is 5.34. The molecule has 0 bridgehead atoms. The molecule has 2 heteroatoms. The van der Waals surface area contributed by atoms with Crippen molar-refractivity contribution in [2.24, 2.45) is 0 Å². The Labute approximate surface area is 136 Å². The summed E-state index contributed by atoms with van der Waals surface area (Å²) in [4.78, 5) is 0. The third-order valence-corrected chi connectivity index (χ3v) is 4.83. The van der Waals surface area contributed by atoms with Crippen LogP contribution in [-0.4, -0.2) is 0 Å². The number of hydrogen-bond acceptors (Lipinski definition) is 1. The SMILES string of the molecule is Cc1cc(CNC(C)c2ccc(C(C)C)cc2)ccc1Br. The zero-order valence-electron chi connectivity index (χ0n) is 13.3. The summed E-state index contributed by atoms with van der Waals surface area (Å²) in [7, 11) is 0. The molecule has 2 aromatic carbocycles. The molecule has 0 spiro atoms. The van der Waals surface area contributed by atoms with E-state index in [0.29, 0.717) is 12.0 Å². The Kier molecular flexibility index (Phi) is 5.60. The van der Waals surface area contributed by atoms with Gasteiger partial charge in [-0.3, -0.25) is 0 Å². The Bertz CT molecular complexity index is 587. The minimum absolute atomic E-state index is 0.357. The van der Waals surface area contributed by atoms with Gasteiger partial charge >= 0.3 is 0 Å². The topological polar surface area (TPSA) is 12.0 Å². The Morgan fingerprint density at radius 3 is 2.14 bits per heavy atom. The standard InChI is InChI=1S/C19H24BrN/c1-13(2)17-6-8-18(9-7-17)15(4)21-12-16-5-10-19(20)14(3)11-16/h5-11,13,15,21H,12H2,1-4H3. The minimum atomic E-state index is 0.357. The number of aryl methyl sites for hydroxylation is 1. The van der Waals surface area contributed by atoms with Gasteiger partial charge < -0.3 is 5.32 Å². The van der Waals surface area contributed by atoms with Gasteiger partial charge in [0.2, 0.25) is 0 Å². The number of rotatable bonds is 5. The summed E-state index contributed by atoms with van der Waals surface area (Å²) in [6, 6.07) is 15.8. The molecule has 0 amide bonds. The second kappa shape index (κ2) is 7.24. The van der Waals surface area contributed by atoms with Crippen molar-refractivity contribution in [2.75, 3.05) is 0 Å². The second-order valence-electron chi connectivity index (χ2n) is 6.01. The lowest BCUT2D eigenvalue weighted by Gasteiger charge is -2.16. The van der Waals surface area contributed by atoms with Crippen LogP contribution in [0.15, 0.2) is 46.9 Å². The highest BCUT2D eigenvalue weighted by atomic mass is 79.9. The van der Waals surface area contributed by atoms with Gasteiger partial charge in [0.05, 0.1) is 0 Å². The third-order valence-electron chi connectivity index (χ3n) is 3.94. The van der Waals surface area contributed by atoms with Crippen LogP contribution in [0.5, 0.6) is 0 Å². The van der Waals surface area contributed by atoms with E-state index in [-0.39, 0.29) is 0 Å². The van der Waals surface area contributed by atoms with Gasteiger partial charge in [-0.1, -0.05) is 66.2 Å². The van der Waals surface area contributed by atoms with Crippen molar-refractivity contribution in [3.8, 4) is 0 Å². The largest absolute Gasteiger partial charge is 0.306 e. The van der Waals surface area contributed by atoms with Crippen molar-refractivity contribution in [3.63, 3.8) is 0 Å². The van der Waals surface area contributed by atoms with Gasteiger partial charge in [-0.2, -0.15) is 0 Å².